The molecule has 7 nitrogen and oxygen atoms in total. The summed E-state index contributed by atoms with van der Waals surface area (Å²) in [5.41, 5.74) is 0.123. The predicted molar refractivity (Wildman–Crippen MR) is 69.4 cm³/mol. The van der Waals surface area contributed by atoms with E-state index in [4.69, 9.17) is 4.74 Å². The lowest BCUT2D eigenvalue weighted by atomic mass is 10.1. The van der Waals surface area contributed by atoms with Crippen molar-refractivity contribution in [3.05, 3.63) is 24.0 Å². The fourth-order valence-electron chi connectivity index (χ4n) is 1.86. The quantitative estimate of drug-likeness (QED) is 0.837. The molecule has 2 heterocycles. The fourth-order valence-corrected chi connectivity index (χ4v) is 3.17. The molecule has 0 spiro atoms. The Morgan fingerprint density at radius 3 is 2.95 bits per heavy atom. The second-order valence-electron chi connectivity index (χ2n) is 4.98. The predicted octanol–water partition coefficient (Wildman–Crippen LogP) is -0.0782. The van der Waals surface area contributed by atoms with Gasteiger partial charge in [-0.1, -0.05) is 0 Å². The van der Waals surface area contributed by atoms with E-state index in [1.807, 2.05) is 13.8 Å². The average molecular weight is 286 g/mol. The van der Waals surface area contributed by atoms with E-state index in [-0.39, 0.29) is 6.54 Å². The van der Waals surface area contributed by atoms with Crippen molar-refractivity contribution in [2.45, 2.75) is 26.0 Å². The minimum Gasteiger partial charge on any atom is -0.373 e. The topological polar surface area (TPSA) is 84.4 Å². The van der Waals surface area contributed by atoms with Crippen molar-refractivity contribution in [2.24, 2.45) is 0 Å². The van der Waals surface area contributed by atoms with Crippen LogP contribution in [0.15, 0.2) is 18.3 Å². The van der Waals surface area contributed by atoms with Gasteiger partial charge in [0, 0.05) is 19.3 Å². The molecule has 0 aliphatic carbocycles. The summed E-state index contributed by atoms with van der Waals surface area (Å²) in [7, 11) is -3.52. The van der Waals surface area contributed by atoms with Crippen LogP contribution in [-0.4, -0.2) is 48.2 Å². The summed E-state index contributed by atoms with van der Waals surface area (Å²) in [5.74, 6) is 0. The Morgan fingerprint density at radius 1 is 1.53 bits per heavy atom. The Bertz CT molecular complexity index is 518. The van der Waals surface area contributed by atoms with Crippen molar-refractivity contribution in [1.29, 1.82) is 0 Å². The number of ether oxygens (including phenoxy) is 1. The van der Waals surface area contributed by atoms with E-state index >= 15 is 0 Å². The zero-order chi connectivity index (χ0) is 13.9. The zero-order valence-electron chi connectivity index (χ0n) is 11.0. The van der Waals surface area contributed by atoms with Crippen LogP contribution in [-0.2, 0) is 21.5 Å². The Labute approximate surface area is 113 Å². The van der Waals surface area contributed by atoms with Crippen LogP contribution in [0.3, 0.4) is 0 Å². The number of nitrogens with one attached hydrogen (secondary N) is 1. The maximum absolute atomic E-state index is 12.2. The van der Waals surface area contributed by atoms with E-state index in [0.717, 1.165) is 0 Å². The summed E-state index contributed by atoms with van der Waals surface area (Å²) in [5, 5.41) is 7.54. The summed E-state index contributed by atoms with van der Waals surface area (Å²) in [6.45, 7) is 4.98. The first-order chi connectivity index (χ1) is 8.89. The van der Waals surface area contributed by atoms with Crippen molar-refractivity contribution in [3.8, 4) is 0 Å². The molecule has 8 heteroatoms. The lowest BCUT2D eigenvalue weighted by Gasteiger charge is -2.37. The van der Waals surface area contributed by atoms with E-state index < -0.39 is 15.8 Å². The van der Waals surface area contributed by atoms with Gasteiger partial charge < -0.3 is 4.74 Å². The molecule has 1 aromatic heterocycles. The summed E-state index contributed by atoms with van der Waals surface area (Å²) < 4.78 is 33.7. The van der Waals surface area contributed by atoms with Gasteiger partial charge in [-0.05, 0) is 26.0 Å². The molecule has 1 aromatic rings. The summed E-state index contributed by atoms with van der Waals surface area (Å²) in [6, 6.07) is 3.44. The van der Waals surface area contributed by atoms with Crippen LogP contribution in [0.2, 0.25) is 0 Å². The van der Waals surface area contributed by atoms with Gasteiger partial charge in [-0.15, -0.1) is 0 Å². The zero-order valence-corrected chi connectivity index (χ0v) is 11.9. The molecule has 0 unspecified atom stereocenters. The SMILES string of the molecule is CC1(C)CN(S(=O)(=O)NCc2cccnn2)CCO1. The van der Waals surface area contributed by atoms with E-state index in [0.29, 0.717) is 25.4 Å². The van der Waals surface area contributed by atoms with E-state index in [9.17, 15) is 8.42 Å². The second-order valence-corrected chi connectivity index (χ2v) is 6.74. The molecule has 0 aromatic carbocycles. The highest BCUT2D eigenvalue weighted by molar-refractivity contribution is 7.87. The lowest BCUT2D eigenvalue weighted by molar-refractivity contribution is -0.0643. The Kier molecular flexibility index (Phi) is 4.14. The molecule has 1 aliphatic rings. The standard InChI is InChI=1S/C11H18N4O3S/c1-11(2)9-15(6-7-18-11)19(16,17)13-8-10-4-3-5-12-14-10/h3-5,13H,6-9H2,1-2H3. The Morgan fingerprint density at radius 2 is 2.32 bits per heavy atom. The maximum atomic E-state index is 12.2. The van der Waals surface area contributed by atoms with Gasteiger partial charge in [0.15, 0.2) is 0 Å². The van der Waals surface area contributed by atoms with Gasteiger partial charge in [-0.2, -0.15) is 27.6 Å². The first kappa shape index (κ1) is 14.3. The summed E-state index contributed by atoms with van der Waals surface area (Å²) in [6.07, 6.45) is 1.54. The van der Waals surface area contributed by atoms with Crippen LogP contribution in [0.25, 0.3) is 0 Å². The molecule has 106 valence electrons. The lowest BCUT2D eigenvalue weighted by Crippen LogP contribution is -2.53. The molecule has 1 N–H and O–H groups in total. The Hall–Kier alpha value is -1.09. The van der Waals surface area contributed by atoms with Crippen LogP contribution >= 0.6 is 0 Å². The number of morpholine rings is 1. The highest BCUT2D eigenvalue weighted by Crippen LogP contribution is 2.18. The molecular formula is C11H18N4O3S. The number of nitrogens with zero attached hydrogens (tertiary/aromatic N) is 3. The smallest absolute Gasteiger partial charge is 0.279 e. The van der Waals surface area contributed by atoms with Crippen LogP contribution in [0.4, 0.5) is 0 Å². The summed E-state index contributed by atoms with van der Waals surface area (Å²) >= 11 is 0. The molecule has 0 amide bonds. The van der Waals surface area contributed by atoms with Gasteiger partial charge in [0.1, 0.15) is 0 Å². The van der Waals surface area contributed by atoms with Crippen LogP contribution in [0, 0.1) is 0 Å². The number of hydrogen-bond donors (Lipinski definition) is 1. The third-order valence-electron chi connectivity index (χ3n) is 2.79. The van der Waals surface area contributed by atoms with Crippen molar-refractivity contribution in [3.63, 3.8) is 0 Å². The van der Waals surface area contributed by atoms with E-state index in [1.54, 1.807) is 18.3 Å². The van der Waals surface area contributed by atoms with Crippen molar-refractivity contribution >= 4 is 10.2 Å². The van der Waals surface area contributed by atoms with Gasteiger partial charge in [0.05, 0.1) is 24.4 Å². The summed E-state index contributed by atoms with van der Waals surface area (Å²) in [4.78, 5) is 0. The van der Waals surface area contributed by atoms with Crippen LogP contribution in [0.5, 0.6) is 0 Å². The van der Waals surface area contributed by atoms with E-state index in [1.165, 1.54) is 4.31 Å². The van der Waals surface area contributed by atoms with Crippen molar-refractivity contribution < 1.29 is 13.2 Å². The molecule has 0 bridgehead atoms. The molecule has 19 heavy (non-hydrogen) atoms. The van der Waals surface area contributed by atoms with Gasteiger partial charge in [0.25, 0.3) is 10.2 Å². The van der Waals surface area contributed by atoms with Crippen LogP contribution in [0.1, 0.15) is 19.5 Å². The average Bonchev–Trinajstić information content (AvgIpc) is 2.37. The molecule has 1 fully saturated rings. The minimum atomic E-state index is -3.52. The third kappa shape index (κ3) is 3.93. The van der Waals surface area contributed by atoms with Gasteiger partial charge in [-0.25, -0.2) is 0 Å². The van der Waals surface area contributed by atoms with Gasteiger partial charge >= 0.3 is 0 Å². The molecule has 0 atom stereocenters. The van der Waals surface area contributed by atoms with Gasteiger partial charge in [-0.3, -0.25) is 0 Å². The molecule has 0 radical (unpaired) electrons. The molecular weight excluding hydrogens is 268 g/mol. The van der Waals surface area contributed by atoms with Crippen molar-refractivity contribution in [1.82, 2.24) is 19.2 Å². The number of rotatable bonds is 4. The number of aromatic nitrogens is 2. The molecule has 1 aliphatic heterocycles. The molecule has 2 rings (SSSR count). The minimum absolute atomic E-state index is 0.133. The maximum Gasteiger partial charge on any atom is 0.279 e. The van der Waals surface area contributed by atoms with Crippen LogP contribution < -0.4 is 4.72 Å². The first-order valence-corrected chi connectivity index (χ1v) is 7.48. The molecule has 1 saturated heterocycles. The monoisotopic (exact) mass is 286 g/mol. The third-order valence-corrected chi connectivity index (χ3v) is 4.29. The highest BCUT2D eigenvalue weighted by Gasteiger charge is 2.33. The molecule has 0 saturated carbocycles. The Balaban J connectivity index is 1.98. The highest BCUT2D eigenvalue weighted by atomic mass is 32.2. The fraction of sp³-hybridized carbons (Fsp3) is 0.636. The van der Waals surface area contributed by atoms with Crippen molar-refractivity contribution in [2.75, 3.05) is 19.7 Å². The van der Waals surface area contributed by atoms with E-state index in [2.05, 4.69) is 14.9 Å². The largest absolute Gasteiger partial charge is 0.373 e. The normalized spacial score (nSPS) is 20.3. The van der Waals surface area contributed by atoms with Gasteiger partial charge in [0.2, 0.25) is 0 Å². The number of hydrogen-bond acceptors (Lipinski definition) is 5. The second kappa shape index (κ2) is 5.49. The first-order valence-electron chi connectivity index (χ1n) is 6.04.